The molecule has 3 fully saturated rings. The summed E-state index contributed by atoms with van der Waals surface area (Å²) in [7, 11) is 1.76. The van der Waals surface area contributed by atoms with Gasteiger partial charge in [0.25, 0.3) is 0 Å². The van der Waals surface area contributed by atoms with Crippen molar-refractivity contribution in [3.8, 4) is 5.75 Å². The lowest BCUT2D eigenvalue weighted by molar-refractivity contribution is -0.0134. The van der Waals surface area contributed by atoms with Gasteiger partial charge in [-0.25, -0.2) is 0 Å². The fourth-order valence-corrected chi connectivity index (χ4v) is 5.80. The number of aromatic amines is 1. The predicted octanol–water partition coefficient (Wildman–Crippen LogP) is 3.94. The molecule has 4 aliphatic rings. The van der Waals surface area contributed by atoms with Gasteiger partial charge in [-0.3, -0.25) is 4.90 Å². The van der Waals surface area contributed by atoms with Gasteiger partial charge in [0, 0.05) is 41.6 Å². The molecule has 3 aliphatic heterocycles. The van der Waals surface area contributed by atoms with Crippen molar-refractivity contribution in [3.63, 3.8) is 0 Å². The maximum Gasteiger partial charge on any atom is 0.119 e. The molecule has 4 heterocycles. The van der Waals surface area contributed by atoms with Crippen molar-refractivity contribution >= 4 is 10.9 Å². The molecule has 1 N–H and O–H groups in total. The van der Waals surface area contributed by atoms with Gasteiger partial charge in [0.2, 0.25) is 0 Å². The van der Waals surface area contributed by atoms with Crippen LogP contribution in [0, 0.1) is 11.8 Å². The van der Waals surface area contributed by atoms with Crippen LogP contribution in [0.3, 0.4) is 0 Å². The standard InChI is InChI=1S/C20H26N2O/c1-3-13-8-12-9-17-19-15(6-7-22(11-12)20(13)17)16-10-14(23-2)4-5-18(16)21-19/h4-5,10,12-13,17,20-21H,3,6-9,11H2,1-2H3/t12-,13-,17-,20?/m0/s1. The summed E-state index contributed by atoms with van der Waals surface area (Å²) in [5, 5.41) is 1.39. The van der Waals surface area contributed by atoms with Crippen molar-refractivity contribution in [2.75, 3.05) is 20.2 Å². The summed E-state index contributed by atoms with van der Waals surface area (Å²) in [5.41, 5.74) is 4.40. The Balaban J connectivity index is 1.66. The van der Waals surface area contributed by atoms with E-state index in [1.165, 1.54) is 49.7 Å². The average Bonchev–Trinajstić information content (AvgIpc) is 2.92. The molecule has 23 heavy (non-hydrogen) atoms. The lowest BCUT2D eigenvalue weighted by Gasteiger charge is -2.53. The third-order valence-electron chi connectivity index (χ3n) is 6.72. The molecule has 0 spiro atoms. The van der Waals surface area contributed by atoms with Crippen LogP contribution in [0.4, 0.5) is 0 Å². The number of hydrogen-bond acceptors (Lipinski definition) is 2. The number of ether oxygens (including phenoxy) is 1. The van der Waals surface area contributed by atoms with Gasteiger partial charge in [0.15, 0.2) is 0 Å². The molecule has 1 aliphatic carbocycles. The second kappa shape index (κ2) is 5.01. The molecular weight excluding hydrogens is 284 g/mol. The van der Waals surface area contributed by atoms with Gasteiger partial charge in [-0.2, -0.15) is 0 Å². The van der Waals surface area contributed by atoms with Crippen molar-refractivity contribution < 1.29 is 4.74 Å². The highest BCUT2D eigenvalue weighted by Gasteiger charge is 2.48. The summed E-state index contributed by atoms with van der Waals surface area (Å²) in [5.74, 6) is 3.48. The van der Waals surface area contributed by atoms with Crippen LogP contribution in [-0.4, -0.2) is 36.1 Å². The Morgan fingerprint density at radius 3 is 3.04 bits per heavy atom. The SMILES string of the molecule is CC[C@H]1C[C@H]2C[C@H]3c4[nH]c5ccc(OC)cc5c4CCN(C2)C13. The first-order valence-corrected chi connectivity index (χ1v) is 9.21. The van der Waals surface area contributed by atoms with Crippen LogP contribution in [-0.2, 0) is 6.42 Å². The Morgan fingerprint density at radius 1 is 1.30 bits per heavy atom. The average molecular weight is 310 g/mol. The number of H-pyrrole nitrogens is 1. The predicted molar refractivity (Wildman–Crippen MR) is 93.2 cm³/mol. The van der Waals surface area contributed by atoms with Gasteiger partial charge in [0.1, 0.15) is 5.75 Å². The van der Waals surface area contributed by atoms with Crippen LogP contribution in [0.2, 0.25) is 0 Å². The minimum absolute atomic E-state index is 0.711. The molecule has 0 amide bonds. The number of hydrogen-bond donors (Lipinski definition) is 1. The minimum Gasteiger partial charge on any atom is -0.497 e. The Morgan fingerprint density at radius 2 is 2.22 bits per heavy atom. The monoisotopic (exact) mass is 310 g/mol. The van der Waals surface area contributed by atoms with Crippen molar-refractivity contribution in [1.29, 1.82) is 0 Å². The largest absolute Gasteiger partial charge is 0.497 e. The molecule has 5 atom stereocenters. The maximum atomic E-state index is 5.46. The molecule has 4 bridgehead atoms. The van der Waals surface area contributed by atoms with Crippen molar-refractivity contribution in [1.82, 2.24) is 9.88 Å². The van der Waals surface area contributed by atoms with E-state index in [0.29, 0.717) is 5.92 Å². The zero-order chi connectivity index (χ0) is 15.6. The van der Waals surface area contributed by atoms with Crippen LogP contribution >= 0.6 is 0 Å². The number of rotatable bonds is 2. The van der Waals surface area contributed by atoms with Gasteiger partial charge in [-0.15, -0.1) is 0 Å². The fourth-order valence-electron chi connectivity index (χ4n) is 5.80. The van der Waals surface area contributed by atoms with Crippen LogP contribution in [0.1, 0.15) is 43.4 Å². The Bertz CT molecular complexity index is 749. The van der Waals surface area contributed by atoms with E-state index in [1.54, 1.807) is 18.4 Å². The molecule has 1 aromatic carbocycles. The first-order valence-electron chi connectivity index (χ1n) is 9.21. The van der Waals surface area contributed by atoms with Gasteiger partial charge in [-0.05, 0) is 54.9 Å². The number of piperidine rings is 2. The second-order valence-corrected chi connectivity index (χ2v) is 7.78. The van der Waals surface area contributed by atoms with E-state index in [-0.39, 0.29) is 0 Å². The van der Waals surface area contributed by atoms with Crippen LogP contribution in [0.15, 0.2) is 18.2 Å². The molecule has 2 unspecified atom stereocenters. The zero-order valence-electron chi connectivity index (χ0n) is 14.1. The topological polar surface area (TPSA) is 28.3 Å². The number of methoxy groups -OCH3 is 1. The van der Waals surface area contributed by atoms with Gasteiger partial charge >= 0.3 is 0 Å². The third-order valence-corrected chi connectivity index (χ3v) is 6.72. The molecule has 2 aromatic rings. The third kappa shape index (κ3) is 1.92. The van der Waals surface area contributed by atoms with Crippen LogP contribution in [0.25, 0.3) is 10.9 Å². The number of aromatic nitrogens is 1. The quantitative estimate of drug-likeness (QED) is 0.910. The number of nitrogens with one attached hydrogen (secondary N) is 1. The molecule has 0 radical (unpaired) electrons. The Kier molecular flexibility index (Phi) is 3.03. The van der Waals surface area contributed by atoms with E-state index in [0.717, 1.165) is 23.6 Å². The van der Waals surface area contributed by atoms with Gasteiger partial charge < -0.3 is 9.72 Å². The Labute approximate surface area is 138 Å². The summed E-state index contributed by atoms with van der Waals surface area (Å²) in [6.07, 6.45) is 5.35. The van der Waals surface area contributed by atoms with Crippen LogP contribution in [0.5, 0.6) is 5.75 Å². The number of benzene rings is 1. The summed E-state index contributed by atoms with van der Waals surface area (Å²) in [6.45, 7) is 4.95. The smallest absolute Gasteiger partial charge is 0.119 e. The molecule has 1 saturated carbocycles. The molecule has 122 valence electrons. The lowest BCUT2D eigenvalue weighted by Crippen LogP contribution is -2.56. The van der Waals surface area contributed by atoms with Crippen molar-refractivity contribution in [3.05, 3.63) is 29.5 Å². The van der Waals surface area contributed by atoms with Gasteiger partial charge in [-0.1, -0.05) is 13.3 Å². The normalized spacial score (nSPS) is 35.1. The lowest BCUT2D eigenvalue weighted by atomic mass is 9.65. The highest BCUT2D eigenvalue weighted by molar-refractivity contribution is 5.86. The van der Waals surface area contributed by atoms with Crippen molar-refractivity contribution in [2.45, 2.75) is 44.6 Å². The van der Waals surface area contributed by atoms with E-state index >= 15 is 0 Å². The van der Waals surface area contributed by atoms with Crippen LogP contribution < -0.4 is 4.74 Å². The minimum atomic E-state index is 0.711. The van der Waals surface area contributed by atoms with Crippen molar-refractivity contribution in [2.24, 2.45) is 11.8 Å². The van der Waals surface area contributed by atoms with E-state index in [9.17, 15) is 0 Å². The van der Waals surface area contributed by atoms with E-state index in [1.807, 2.05) is 0 Å². The number of nitrogens with zero attached hydrogens (tertiary/aromatic N) is 1. The molecule has 2 saturated heterocycles. The molecule has 6 rings (SSSR count). The summed E-state index contributed by atoms with van der Waals surface area (Å²) in [4.78, 5) is 6.63. The summed E-state index contributed by atoms with van der Waals surface area (Å²) >= 11 is 0. The second-order valence-electron chi connectivity index (χ2n) is 7.78. The molecule has 3 heteroatoms. The molecular formula is C20H26N2O. The van der Waals surface area contributed by atoms with Gasteiger partial charge in [0.05, 0.1) is 7.11 Å². The van der Waals surface area contributed by atoms with E-state index < -0.39 is 0 Å². The first kappa shape index (κ1) is 13.9. The first-order chi connectivity index (χ1) is 11.3. The molecule has 3 nitrogen and oxygen atoms in total. The fraction of sp³-hybridized carbons (Fsp3) is 0.600. The highest BCUT2D eigenvalue weighted by Crippen LogP contribution is 2.51. The summed E-state index contributed by atoms with van der Waals surface area (Å²) < 4.78 is 5.46. The maximum absolute atomic E-state index is 5.46. The van der Waals surface area contributed by atoms with E-state index in [4.69, 9.17) is 4.74 Å². The number of fused-ring (bicyclic) bond motifs is 4. The molecule has 1 aromatic heterocycles. The summed E-state index contributed by atoms with van der Waals surface area (Å²) in [6, 6.07) is 7.26. The van der Waals surface area contributed by atoms with E-state index in [2.05, 4.69) is 35.0 Å². The highest BCUT2D eigenvalue weighted by atomic mass is 16.5. The Hall–Kier alpha value is -1.48. The zero-order valence-corrected chi connectivity index (χ0v) is 14.1.